The van der Waals surface area contributed by atoms with Crippen molar-refractivity contribution in [1.29, 1.82) is 0 Å². The van der Waals surface area contributed by atoms with Crippen LogP contribution >= 0.6 is 23.2 Å². The molecule has 1 aromatic carbocycles. The molecular weight excluding hydrogens is 487 g/mol. The van der Waals surface area contributed by atoms with Gasteiger partial charge < -0.3 is 39.7 Å². The Hall–Kier alpha value is -1.17. The van der Waals surface area contributed by atoms with Crippen molar-refractivity contribution in [3.05, 3.63) is 29.8 Å². The van der Waals surface area contributed by atoms with E-state index in [1.54, 1.807) is 0 Å². The monoisotopic (exact) mass is 522 g/mol. The summed E-state index contributed by atoms with van der Waals surface area (Å²) in [7, 11) is 1.40. The van der Waals surface area contributed by atoms with Gasteiger partial charge in [-0.05, 0) is 30.5 Å². The number of aliphatic hydroxyl groups excluding tert-OH is 3. The Morgan fingerprint density at radius 3 is 2.41 bits per heavy atom. The first-order valence-electron chi connectivity index (χ1n) is 11.4. The molecule has 1 aliphatic heterocycles. The first-order valence-corrected chi connectivity index (χ1v) is 12.5. The van der Waals surface area contributed by atoms with E-state index in [0.717, 1.165) is 30.8 Å². The zero-order valence-corrected chi connectivity index (χ0v) is 21.0. The number of rotatable bonds is 15. The van der Waals surface area contributed by atoms with Gasteiger partial charge >= 0.3 is 5.97 Å². The van der Waals surface area contributed by atoms with E-state index in [1.165, 1.54) is 7.11 Å². The van der Waals surface area contributed by atoms with Crippen LogP contribution in [-0.4, -0.2) is 104 Å². The molecule has 34 heavy (non-hydrogen) atoms. The molecule has 0 aliphatic carbocycles. The topological polar surface area (TPSA) is 121 Å². The SMILES string of the molecule is CO[C@H]1O[C@H](CO)[C@@H](O)[C@@H](O)[C@@H]1NCCOC(=O)CCCc1ccc(N(CCCl)CCCl)cc1. The predicted octanol–water partition coefficient (Wildman–Crippen LogP) is 0.880. The van der Waals surface area contributed by atoms with Crippen molar-refractivity contribution in [1.82, 2.24) is 5.32 Å². The molecule has 1 saturated heterocycles. The fourth-order valence-electron chi connectivity index (χ4n) is 3.85. The fraction of sp³-hybridized carbons (Fsp3) is 0.696. The molecule has 9 nitrogen and oxygen atoms in total. The number of nitrogens with zero attached hydrogens (tertiary/aromatic N) is 1. The Balaban J connectivity index is 1.67. The van der Waals surface area contributed by atoms with Crippen LogP contribution in [-0.2, 0) is 25.4 Å². The average molecular weight is 523 g/mol. The number of carbonyl (C=O) groups is 1. The summed E-state index contributed by atoms with van der Waals surface area (Å²) in [6.45, 7) is 1.38. The summed E-state index contributed by atoms with van der Waals surface area (Å²) < 4.78 is 15.9. The molecule has 0 unspecified atom stereocenters. The van der Waals surface area contributed by atoms with Crippen molar-refractivity contribution in [3.8, 4) is 0 Å². The first-order chi connectivity index (χ1) is 16.4. The molecular formula is C23H36Cl2N2O7. The van der Waals surface area contributed by atoms with Crippen LogP contribution in [0.2, 0.25) is 0 Å². The summed E-state index contributed by atoms with van der Waals surface area (Å²) in [5.41, 5.74) is 2.20. The van der Waals surface area contributed by atoms with Crippen LogP contribution in [0.15, 0.2) is 24.3 Å². The Morgan fingerprint density at radius 2 is 1.82 bits per heavy atom. The second-order valence-electron chi connectivity index (χ2n) is 8.03. The third-order valence-corrected chi connectivity index (χ3v) is 6.05. The largest absolute Gasteiger partial charge is 0.464 e. The third kappa shape index (κ3) is 8.80. The number of alkyl halides is 2. The second-order valence-corrected chi connectivity index (χ2v) is 8.78. The number of esters is 1. The molecule has 4 N–H and O–H groups in total. The number of hydrogen-bond acceptors (Lipinski definition) is 9. The molecule has 0 spiro atoms. The van der Waals surface area contributed by atoms with E-state index in [9.17, 15) is 20.1 Å². The van der Waals surface area contributed by atoms with Crippen LogP contribution in [0.5, 0.6) is 0 Å². The number of benzene rings is 1. The summed E-state index contributed by atoms with van der Waals surface area (Å²) in [5, 5.41) is 32.5. The van der Waals surface area contributed by atoms with Crippen LogP contribution in [0.1, 0.15) is 18.4 Å². The summed E-state index contributed by atoms with van der Waals surface area (Å²) in [4.78, 5) is 14.2. The van der Waals surface area contributed by atoms with Gasteiger partial charge in [0.25, 0.3) is 0 Å². The van der Waals surface area contributed by atoms with Crippen LogP contribution in [0, 0.1) is 0 Å². The molecule has 1 aliphatic rings. The lowest BCUT2D eigenvalue weighted by Crippen LogP contribution is -2.64. The number of aryl methyl sites for hydroxylation is 1. The van der Waals surface area contributed by atoms with Gasteiger partial charge in [0.2, 0.25) is 0 Å². The van der Waals surface area contributed by atoms with Crippen molar-refractivity contribution in [2.45, 2.75) is 49.9 Å². The number of aliphatic hydroxyl groups is 3. The van der Waals surface area contributed by atoms with Crippen molar-refractivity contribution in [3.63, 3.8) is 0 Å². The maximum atomic E-state index is 12.0. The Kier molecular flexibility index (Phi) is 13.5. The van der Waals surface area contributed by atoms with Crippen LogP contribution in [0.3, 0.4) is 0 Å². The van der Waals surface area contributed by atoms with Gasteiger partial charge in [0.05, 0.1) is 12.6 Å². The fourth-order valence-corrected chi connectivity index (χ4v) is 4.26. The highest BCUT2D eigenvalue weighted by Crippen LogP contribution is 2.21. The minimum Gasteiger partial charge on any atom is -0.464 e. The molecule has 11 heteroatoms. The summed E-state index contributed by atoms with van der Waals surface area (Å²) in [5.74, 6) is 0.757. The predicted molar refractivity (Wildman–Crippen MR) is 131 cm³/mol. The first kappa shape index (κ1) is 29.1. The Bertz CT molecular complexity index is 705. The minimum absolute atomic E-state index is 0.101. The molecule has 5 atom stereocenters. The van der Waals surface area contributed by atoms with Crippen molar-refractivity contribution in [2.75, 3.05) is 56.6 Å². The van der Waals surface area contributed by atoms with Gasteiger partial charge in [-0.1, -0.05) is 12.1 Å². The molecule has 0 bridgehead atoms. The molecule has 1 aromatic rings. The van der Waals surface area contributed by atoms with E-state index in [4.69, 9.17) is 37.4 Å². The summed E-state index contributed by atoms with van der Waals surface area (Å²) in [6.07, 6.45) is -2.53. The molecule has 0 saturated carbocycles. The van der Waals surface area contributed by atoms with Crippen LogP contribution in [0.4, 0.5) is 5.69 Å². The summed E-state index contributed by atoms with van der Waals surface area (Å²) in [6, 6.07) is 7.43. The lowest BCUT2D eigenvalue weighted by Gasteiger charge is -2.41. The van der Waals surface area contributed by atoms with Crippen LogP contribution in [0.25, 0.3) is 0 Å². The molecule has 2 rings (SSSR count). The molecule has 0 amide bonds. The number of ether oxygens (including phenoxy) is 3. The van der Waals surface area contributed by atoms with Gasteiger partial charge in [-0.15, -0.1) is 23.2 Å². The van der Waals surface area contributed by atoms with Gasteiger partial charge in [0, 0.05) is 50.6 Å². The molecule has 0 radical (unpaired) electrons. The number of anilines is 1. The van der Waals surface area contributed by atoms with Gasteiger partial charge in [0.1, 0.15) is 24.9 Å². The van der Waals surface area contributed by atoms with Crippen molar-refractivity contribution >= 4 is 34.9 Å². The maximum absolute atomic E-state index is 12.0. The number of carbonyl (C=O) groups excluding carboxylic acids is 1. The highest BCUT2D eigenvalue weighted by atomic mass is 35.5. The minimum atomic E-state index is -1.26. The lowest BCUT2D eigenvalue weighted by molar-refractivity contribution is -0.263. The average Bonchev–Trinajstić information content (AvgIpc) is 2.84. The molecule has 1 fully saturated rings. The highest BCUT2D eigenvalue weighted by Gasteiger charge is 2.44. The van der Waals surface area contributed by atoms with Gasteiger partial charge in [0.15, 0.2) is 6.29 Å². The van der Waals surface area contributed by atoms with Crippen LogP contribution < -0.4 is 10.2 Å². The molecule has 194 valence electrons. The second kappa shape index (κ2) is 15.7. The van der Waals surface area contributed by atoms with Crippen molar-refractivity contribution in [2.24, 2.45) is 0 Å². The van der Waals surface area contributed by atoms with Gasteiger partial charge in [-0.25, -0.2) is 0 Å². The smallest absolute Gasteiger partial charge is 0.305 e. The summed E-state index contributed by atoms with van der Waals surface area (Å²) >= 11 is 11.7. The van der Waals surface area contributed by atoms with E-state index < -0.39 is 37.3 Å². The standard InChI is InChI=1S/C23H36Cl2N2O7/c1-32-23-20(22(31)21(30)18(15-28)34-23)26-11-14-33-19(29)4-2-3-16-5-7-17(8-6-16)27(12-9-24)13-10-25/h5-8,18,20-23,26,28,30-31H,2-4,9-15H2,1H3/t18-,20+,21-,22+,23+/m1/s1. The van der Waals surface area contributed by atoms with Gasteiger partial charge in [-0.3, -0.25) is 4.79 Å². The Labute approximate surface area is 210 Å². The number of hydrogen-bond donors (Lipinski definition) is 4. The van der Waals surface area contributed by atoms with E-state index >= 15 is 0 Å². The number of halogens is 2. The number of nitrogens with one attached hydrogen (secondary N) is 1. The zero-order valence-electron chi connectivity index (χ0n) is 19.4. The van der Waals surface area contributed by atoms with E-state index in [-0.39, 0.29) is 19.1 Å². The number of methoxy groups -OCH3 is 1. The Morgan fingerprint density at radius 1 is 1.15 bits per heavy atom. The molecule has 1 heterocycles. The van der Waals surface area contributed by atoms with Gasteiger partial charge in [-0.2, -0.15) is 0 Å². The lowest BCUT2D eigenvalue weighted by atomic mass is 9.97. The third-order valence-electron chi connectivity index (χ3n) is 5.72. The molecule has 0 aromatic heterocycles. The zero-order chi connectivity index (χ0) is 24.9. The van der Waals surface area contributed by atoms with Crippen molar-refractivity contribution < 1.29 is 34.3 Å². The normalized spacial score (nSPS) is 24.7. The van der Waals surface area contributed by atoms with E-state index in [0.29, 0.717) is 24.6 Å². The van der Waals surface area contributed by atoms with E-state index in [1.807, 2.05) is 24.3 Å². The quantitative estimate of drug-likeness (QED) is 0.151. The highest BCUT2D eigenvalue weighted by molar-refractivity contribution is 6.18. The van der Waals surface area contributed by atoms with E-state index in [2.05, 4.69) is 10.2 Å². The maximum Gasteiger partial charge on any atom is 0.305 e.